The average molecular weight is 427 g/mol. The van der Waals surface area contributed by atoms with Crippen LogP contribution in [0.5, 0.6) is 0 Å². The van der Waals surface area contributed by atoms with Crippen molar-refractivity contribution in [2.45, 2.75) is 55.8 Å². The van der Waals surface area contributed by atoms with Gasteiger partial charge in [0.05, 0.1) is 24.7 Å². The number of carbonyl (C=O) groups is 2. The minimum atomic E-state index is -9.73. The molecule has 5 nitrogen and oxygen atoms in total. The highest BCUT2D eigenvalue weighted by atomic mass is 32.5. The van der Waals surface area contributed by atoms with E-state index < -0.39 is 33.1 Å². The van der Waals surface area contributed by atoms with Crippen LogP contribution in [-0.4, -0.2) is 24.0 Å². The third-order valence-electron chi connectivity index (χ3n) is 4.95. The van der Waals surface area contributed by atoms with E-state index in [1.54, 1.807) is 6.92 Å². The van der Waals surface area contributed by atoms with Crippen LogP contribution in [0.2, 0.25) is 0 Å². The maximum Gasteiger partial charge on any atom is 0.310 e. The Morgan fingerprint density at radius 2 is 1.79 bits per heavy atom. The molecule has 0 radical (unpaired) electrons. The molecule has 2 unspecified atom stereocenters. The summed E-state index contributed by atoms with van der Waals surface area (Å²) in [5.41, 5.74) is 0.278. The molecule has 3 rings (SSSR count). The summed E-state index contributed by atoms with van der Waals surface area (Å²) in [4.78, 5) is 22.4. The summed E-state index contributed by atoms with van der Waals surface area (Å²) in [7, 11) is -9.73. The molecule has 1 aromatic carbocycles. The first-order valence-corrected chi connectivity index (χ1v) is 10.9. The second-order valence-corrected chi connectivity index (χ2v) is 9.72. The van der Waals surface area contributed by atoms with Gasteiger partial charge in [-0.3, -0.25) is 14.9 Å². The van der Waals surface area contributed by atoms with Crippen LogP contribution in [0.4, 0.5) is 19.4 Å². The van der Waals surface area contributed by atoms with Gasteiger partial charge in [0.1, 0.15) is 4.90 Å². The number of amides is 2. The summed E-state index contributed by atoms with van der Waals surface area (Å²) in [5, 5.41) is 8.55. The monoisotopic (exact) mass is 427 g/mol. The Bertz CT molecular complexity index is 781. The van der Waals surface area contributed by atoms with Crippen molar-refractivity contribution in [2.75, 3.05) is 0 Å². The van der Waals surface area contributed by atoms with Gasteiger partial charge in [0.2, 0.25) is 11.8 Å². The summed E-state index contributed by atoms with van der Waals surface area (Å²) in [6.45, 7) is 1.71. The molecule has 3 N–H and O–H groups in total. The summed E-state index contributed by atoms with van der Waals surface area (Å²) in [6.07, 6.45) is 1.94. The second kappa shape index (κ2) is 6.31. The van der Waals surface area contributed by atoms with E-state index in [9.17, 15) is 29.0 Å². The fourth-order valence-corrected chi connectivity index (χ4v) is 3.89. The highest BCUT2D eigenvalue weighted by Crippen LogP contribution is 3.02. The van der Waals surface area contributed by atoms with E-state index in [-0.39, 0.29) is 24.1 Å². The van der Waals surface area contributed by atoms with Crippen LogP contribution in [0.3, 0.4) is 0 Å². The van der Waals surface area contributed by atoms with E-state index >= 15 is 0 Å². The van der Waals surface area contributed by atoms with Crippen LogP contribution in [-0.2, 0) is 9.59 Å². The number of benzene rings is 1. The minimum Gasteiger partial charge on any atom is -0.348 e. The molecule has 2 amide bonds. The number of halogens is 5. The zero-order chi connectivity index (χ0) is 20.8. The maximum atomic E-state index is 12.8. The van der Waals surface area contributed by atoms with Crippen LogP contribution >= 0.6 is 10.2 Å². The Kier molecular flexibility index (Phi) is 4.70. The predicted molar refractivity (Wildman–Crippen MR) is 95.2 cm³/mol. The predicted octanol–water partition coefficient (Wildman–Crippen LogP) is 4.13. The van der Waals surface area contributed by atoms with Gasteiger partial charge < -0.3 is 10.6 Å². The lowest BCUT2D eigenvalue weighted by atomic mass is 10.0. The Hall–Kier alpha value is -1.88. The van der Waals surface area contributed by atoms with Gasteiger partial charge in [-0.1, -0.05) is 38.5 Å². The lowest BCUT2D eigenvalue weighted by Gasteiger charge is -2.40. The zero-order valence-electron chi connectivity index (χ0n) is 15.1. The SMILES string of the molecule is CC[C@@H](NC(=O)C1CC(=O)NC(C2CC2)N1)c1ccc(S(F)(F)(F)(F)F)cc1. The van der Waals surface area contributed by atoms with Crippen LogP contribution < -0.4 is 16.0 Å². The third kappa shape index (κ3) is 4.93. The summed E-state index contributed by atoms with van der Waals surface area (Å²) in [5.74, 6) is -0.408. The van der Waals surface area contributed by atoms with Crippen LogP contribution in [0, 0.1) is 5.92 Å². The fourth-order valence-electron chi connectivity index (χ4n) is 3.24. The highest BCUT2D eigenvalue weighted by molar-refractivity contribution is 8.45. The van der Waals surface area contributed by atoms with E-state index in [0.717, 1.165) is 25.0 Å². The lowest BCUT2D eigenvalue weighted by Crippen LogP contribution is -2.61. The normalized spacial score (nSPS) is 26.6. The van der Waals surface area contributed by atoms with Crippen molar-refractivity contribution in [2.24, 2.45) is 5.92 Å². The minimum absolute atomic E-state index is 0.0470. The number of rotatable bonds is 6. The Morgan fingerprint density at radius 3 is 2.29 bits per heavy atom. The van der Waals surface area contributed by atoms with Crippen molar-refractivity contribution < 1.29 is 29.0 Å². The highest BCUT2D eigenvalue weighted by Gasteiger charge is 2.65. The van der Waals surface area contributed by atoms with Gasteiger partial charge in [0.15, 0.2) is 0 Å². The van der Waals surface area contributed by atoms with Crippen molar-refractivity contribution in [3.63, 3.8) is 0 Å². The van der Waals surface area contributed by atoms with Crippen LogP contribution in [0.25, 0.3) is 0 Å². The van der Waals surface area contributed by atoms with E-state index in [2.05, 4.69) is 16.0 Å². The Balaban J connectivity index is 1.70. The van der Waals surface area contributed by atoms with E-state index in [1.165, 1.54) is 0 Å². The largest absolute Gasteiger partial charge is 0.348 e. The second-order valence-electron chi connectivity index (χ2n) is 7.31. The van der Waals surface area contributed by atoms with Crippen molar-refractivity contribution in [3.8, 4) is 0 Å². The molecule has 158 valence electrons. The molecule has 0 aromatic heterocycles. The molecule has 1 aromatic rings. The van der Waals surface area contributed by atoms with Gasteiger partial charge in [0, 0.05) is 0 Å². The topological polar surface area (TPSA) is 70.2 Å². The Morgan fingerprint density at radius 1 is 1.18 bits per heavy atom. The molecule has 28 heavy (non-hydrogen) atoms. The molecule has 0 spiro atoms. The number of hydrogen-bond acceptors (Lipinski definition) is 3. The molecule has 2 fully saturated rings. The maximum absolute atomic E-state index is 12.8. The third-order valence-corrected chi connectivity index (χ3v) is 6.11. The molecular weight excluding hydrogens is 405 g/mol. The summed E-state index contributed by atoms with van der Waals surface area (Å²) >= 11 is 0. The van der Waals surface area contributed by atoms with Crippen molar-refractivity contribution in [1.82, 2.24) is 16.0 Å². The molecular formula is C17H22F5N3O2S. The first-order valence-electron chi connectivity index (χ1n) is 8.96. The van der Waals surface area contributed by atoms with Gasteiger partial charge >= 0.3 is 10.2 Å². The molecule has 1 saturated heterocycles. The molecule has 11 heteroatoms. The average Bonchev–Trinajstić information content (AvgIpc) is 3.42. The summed E-state index contributed by atoms with van der Waals surface area (Å²) in [6, 6.07) is 1.14. The van der Waals surface area contributed by atoms with Crippen molar-refractivity contribution >= 4 is 22.0 Å². The first-order chi connectivity index (χ1) is 12.8. The standard InChI is InChI=1S/C17H22F5N3O2S/c1-2-13(10-5-7-12(8-6-10)28(18,19,20,21)22)24-17(27)14-9-15(26)25-16(23-14)11-3-4-11/h5-8,11,13-14,16,23H,2-4,9H2,1H3,(H,24,27)(H,25,26)/t13-,14?,16?/m1/s1. The fraction of sp³-hybridized carbons (Fsp3) is 0.529. The molecule has 2 aliphatic rings. The lowest BCUT2D eigenvalue weighted by molar-refractivity contribution is -0.132. The van der Waals surface area contributed by atoms with E-state index in [4.69, 9.17) is 0 Å². The zero-order valence-corrected chi connectivity index (χ0v) is 15.9. The van der Waals surface area contributed by atoms with E-state index in [1.807, 2.05) is 0 Å². The molecule has 0 bridgehead atoms. The Labute approximate surface area is 159 Å². The van der Waals surface area contributed by atoms with Gasteiger partial charge in [0.25, 0.3) is 0 Å². The smallest absolute Gasteiger partial charge is 0.310 e. The first kappa shape index (κ1) is 20.8. The van der Waals surface area contributed by atoms with Gasteiger partial charge in [-0.05, 0) is 42.9 Å². The van der Waals surface area contributed by atoms with Crippen molar-refractivity contribution in [1.29, 1.82) is 0 Å². The molecule has 1 heterocycles. The number of nitrogens with one attached hydrogen (secondary N) is 3. The summed E-state index contributed by atoms with van der Waals surface area (Å²) < 4.78 is 64.2. The van der Waals surface area contributed by atoms with Crippen LogP contribution in [0.15, 0.2) is 29.2 Å². The van der Waals surface area contributed by atoms with E-state index in [0.29, 0.717) is 24.5 Å². The van der Waals surface area contributed by atoms with Crippen LogP contribution in [0.1, 0.15) is 44.2 Å². The number of hydrogen-bond donors (Lipinski definition) is 3. The van der Waals surface area contributed by atoms with Gasteiger partial charge in [-0.25, -0.2) is 0 Å². The molecule has 1 saturated carbocycles. The molecule has 1 aliphatic heterocycles. The quantitative estimate of drug-likeness (QED) is 0.598. The number of carbonyl (C=O) groups excluding carboxylic acids is 2. The van der Waals surface area contributed by atoms with Gasteiger partial charge in [-0.2, -0.15) is 0 Å². The van der Waals surface area contributed by atoms with Crippen molar-refractivity contribution in [3.05, 3.63) is 29.8 Å². The molecule has 1 aliphatic carbocycles. The molecule has 3 atom stereocenters. The van der Waals surface area contributed by atoms with Gasteiger partial charge in [-0.15, -0.1) is 0 Å².